The van der Waals surface area contributed by atoms with Gasteiger partial charge >= 0.3 is 6.03 Å². The van der Waals surface area contributed by atoms with Crippen LogP contribution in [-0.2, 0) is 9.53 Å². The zero-order valence-corrected chi connectivity index (χ0v) is 18.9. The van der Waals surface area contributed by atoms with Crippen molar-refractivity contribution in [2.45, 2.75) is 57.5 Å². The Morgan fingerprint density at radius 1 is 1.16 bits per heavy atom. The van der Waals surface area contributed by atoms with Crippen molar-refractivity contribution < 1.29 is 18.7 Å². The Labute approximate surface area is 189 Å². The Morgan fingerprint density at radius 3 is 2.66 bits per heavy atom. The first-order valence-corrected chi connectivity index (χ1v) is 11.9. The van der Waals surface area contributed by atoms with Gasteiger partial charge in [0.2, 0.25) is 5.91 Å². The molecule has 4 rings (SSSR count). The van der Waals surface area contributed by atoms with Crippen LogP contribution in [0.2, 0.25) is 0 Å². The van der Waals surface area contributed by atoms with Gasteiger partial charge in [-0.3, -0.25) is 9.69 Å². The predicted octanol–water partition coefficient (Wildman–Crippen LogP) is 3.14. The average Bonchev–Trinajstić information content (AvgIpc) is 3.65. The van der Waals surface area contributed by atoms with Crippen molar-refractivity contribution in [3.63, 3.8) is 0 Å². The lowest BCUT2D eigenvalue weighted by molar-refractivity contribution is -0.135. The molecule has 1 aromatic carbocycles. The Morgan fingerprint density at radius 2 is 1.94 bits per heavy atom. The molecule has 176 valence electrons. The molecule has 7 nitrogen and oxygen atoms in total. The predicted molar refractivity (Wildman–Crippen MR) is 121 cm³/mol. The van der Waals surface area contributed by atoms with Gasteiger partial charge in [0, 0.05) is 63.1 Å². The molecule has 1 aliphatic carbocycles. The second-order valence-corrected chi connectivity index (χ2v) is 9.28. The fraction of sp³-hybridized carbons (Fsp3) is 0.667. The Bertz CT molecular complexity index is 810. The largest absolute Gasteiger partial charge is 0.381 e. The van der Waals surface area contributed by atoms with E-state index in [-0.39, 0.29) is 17.8 Å². The Hall–Kier alpha value is -2.19. The molecular formula is C24H35FN4O3. The molecule has 2 aliphatic heterocycles. The normalized spacial score (nSPS) is 22.1. The number of benzene rings is 1. The summed E-state index contributed by atoms with van der Waals surface area (Å²) in [5, 5.41) is 5.61. The van der Waals surface area contributed by atoms with Gasteiger partial charge < -0.3 is 20.3 Å². The summed E-state index contributed by atoms with van der Waals surface area (Å²) in [5.74, 6) is 0.239. The monoisotopic (exact) mass is 446 g/mol. The van der Waals surface area contributed by atoms with Crippen LogP contribution in [0.5, 0.6) is 0 Å². The third-order valence-corrected chi connectivity index (χ3v) is 6.85. The van der Waals surface area contributed by atoms with Crippen molar-refractivity contribution >= 4 is 17.6 Å². The first-order chi connectivity index (χ1) is 15.5. The number of halogens is 1. The average molecular weight is 447 g/mol. The molecule has 0 spiro atoms. The van der Waals surface area contributed by atoms with E-state index in [1.807, 2.05) is 0 Å². The van der Waals surface area contributed by atoms with Crippen molar-refractivity contribution in [1.82, 2.24) is 15.1 Å². The zero-order chi connectivity index (χ0) is 22.5. The number of hydrogen-bond acceptors (Lipinski definition) is 4. The van der Waals surface area contributed by atoms with E-state index in [0.717, 1.165) is 71.4 Å². The number of urea groups is 1. The highest BCUT2D eigenvalue weighted by atomic mass is 19.1. The number of rotatable bonds is 7. The Kier molecular flexibility index (Phi) is 7.63. The number of hydrogen-bond donors (Lipinski definition) is 2. The molecule has 32 heavy (non-hydrogen) atoms. The van der Waals surface area contributed by atoms with E-state index in [1.165, 1.54) is 6.07 Å². The van der Waals surface area contributed by atoms with Gasteiger partial charge in [0.05, 0.1) is 0 Å². The maximum Gasteiger partial charge on any atom is 0.319 e. The summed E-state index contributed by atoms with van der Waals surface area (Å²) >= 11 is 0. The van der Waals surface area contributed by atoms with Gasteiger partial charge in [-0.1, -0.05) is 6.07 Å². The summed E-state index contributed by atoms with van der Waals surface area (Å²) in [4.78, 5) is 29.5. The topological polar surface area (TPSA) is 73.9 Å². The summed E-state index contributed by atoms with van der Waals surface area (Å²) in [6, 6.07) is 5.05. The summed E-state index contributed by atoms with van der Waals surface area (Å²) < 4.78 is 19.3. The lowest BCUT2D eigenvalue weighted by Gasteiger charge is -2.44. The fourth-order valence-electron chi connectivity index (χ4n) is 4.84. The van der Waals surface area contributed by atoms with Crippen LogP contribution in [0.25, 0.3) is 0 Å². The number of anilines is 1. The van der Waals surface area contributed by atoms with E-state index in [1.54, 1.807) is 19.1 Å². The number of carbonyl (C=O) groups is 2. The number of ether oxygens (including phenoxy) is 1. The van der Waals surface area contributed by atoms with Crippen molar-refractivity contribution in [1.29, 1.82) is 0 Å². The SMILES string of the molecule is Cc1ccc(NC(=O)NCCN(C2CCOCC2)C2CCCN(C(=O)C3CC3)C2)cc1F. The molecule has 0 radical (unpaired) electrons. The number of likely N-dealkylation sites (tertiary alicyclic amines) is 1. The second kappa shape index (κ2) is 10.6. The van der Waals surface area contributed by atoms with Crippen molar-refractivity contribution in [3.05, 3.63) is 29.6 Å². The Balaban J connectivity index is 1.32. The number of aryl methyl sites for hydroxylation is 1. The first-order valence-electron chi connectivity index (χ1n) is 11.9. The van der Waals surface area contributed by atoms with Gasteiger partial charge in [0.1, 0.15) is 5.82 Å². The first kappa shape index (κ1) is 23.0. The van der Waals surface area contributed by atoms with Crippen LogP contribution in [0.15, 0.2) is 18.2 Å². The van der Waals surface area contributed by atoms with E-state index in [9.17, 15) is 14.0 Å². The molecule has 2 N–H and O–H groups in total. The summed E-state index contributed by atoms with van der Waals surface area (Å²) in [6.07, 6.45) is 6.11. The van der Waals surface area contributed by atoms with E-state index in [4.69, 9.17) is 4.74 Å². The molecule has 1 aromatic rings. The van der Waals surface area contributed by atoms with Crippen LogP contribution in [0.4, 0.5) is 14.9 Å². The smallest absolute Gasteiger partial charge is 0.319 e. The van der Waals surface area contributed by atoms with Gasteiger partial charge in [-0.15, -0.1) is 0 Å². The minimum absolute atomic E-state index is 0.252. The molecule has 2 saturated heterocycles. The maximum absolute atomic E-state index is 13.7. The molecule has 3 fully saturated rings. The van der Waals surface area contributed by atoms with E-state index < -0.39 is 0 Å². The lowest BCUT2D eigenvalue weighted by Crippen LogP contribution is -2.55. The minimum atomic E-state index is -0.339. The van der Waals surface area contributed by atoms with Gasteiger partial charge in [-0.05, 0) is 63.1 Å². The van der Waals surface area contributed by atoms with Crippen LogP contribution in [0.3, 0.4) is 0 Å². The highest BCUT2D eigenvalue weighted by Crippen LogP contribution is 2.32. The van der Waals surface area contributed by atoms with E-state index in [0.29, 0.717) is 35.8 Å². The third-order valence-electron chi connectivity index (χ3n) is 6.85. The van der Waals surface area contributed by atoms with E-state index >= 15 is 0 Å². The molecule has 3 aliphatic rings. The van der Waals surface area contributed by atoms with Crippen molar-refractivity contribution in [3.8, 4) is 0 Å². The van der Waals surface area contributed by atoms with Gasteiger partial charge in [0.15, 0.2) is 0 Å². The fourth-order valence-corrected chi connectivity index (χ4v) is 4.84. The number of carbonyl (C=O) groups excluding carboxylic acids is 2. The van der Waals surface area contributed by atoms with Crippen molar-refractivity contribution in [2.75, 3.05) is 44.7 Å². The third kappa shape index (κ3) is 5.98. The van der Waals surface area contributed by atoms with Gasteiger partial charge in [0.25, 0.3) is 0 Å². The molecule has 1 saturated carbocycles. The molecule has 0 bridgehead atoms. The number of amides is 3. The van der Waals surface area contributed by atoms with Crippen molar-refractivity contribution in [2.24, 2.45) is 5.92 Å². The second-order valence-electron chi connectivity index (χ2n) is 9.28. The van der Waals surface area contributed by atoms with Crippen LogP contribution in [0, 0.1) is 18.7 Å². The number of piperidine rings is 1. The zero-order valence-electron chi connectivity index (χ0n) is 18.9. The molecule has 8 heteroatoms. The number of nitrogens with one attached hydrogen (secondary N) is 2. The quantitative estimate of drug-likeness (QED) is 0.675. The van der Waals surface area contributed by atoms with E-state index in [2.05, 4.69) is 20.4 Å². The summed E-state index contributed by atoms with van der Waals surface area (Å²) in [5.41, 5.74) is 0.984. The maximum atomic E-state index is 13.7. The summed E-state index contributed by atoms with van der Waals surface area (Å²) in [7, 11) is 0. The highest BCUT2D eigenvalue weighted by molar-refractivity contribution is 5.89. The van der Waals surface area contributed by atoms with Crippen LogP contribution < -0.4 is 10.6 Å². The molecule has 1 unspecified atom stereocenters. The molecule has 0 aromatic heterocycles. The molecular weight excluding hydrogens is 411 g/mol. The minimum Gasteiger partial charge on any atom is -0.381 e. The highest BCUT2D eigenvalue weighted by Gasteiger charge is 2.37. The molecule has 3 amide bonds. The standard InChI is InChI=1S/C24H35FN4O3/c1-17-4-7-19(15-22(17)25)27-24(31)26-10-12-29(20-8-13-32-14-9-20)21-3-2-11-28(16-21)23(30)18-5-6-18/h4,7,15,18,20-21H,2-3,5-6,8-14,16H2,1H3,(H2,26,27,31). The van der Waals surface area contributed by atoms with Crippen LogP contribution in [0.1, 0.15) is 44.1 Å². The summed E-state index contributed by atoms with van der Waals surface area (Å²) in [6.45, 7) is 6.05. The van der Waals surface area contributed by atoms with Crippen LogP contribution in [-0.4, -0.2) is 73.2 Å². The van der Waals surface area contributed by atoms with Gasteiger partial charge in [-0.2, -0.15) is 0 Å². The number of nitrogens with zero attached hydrogens (tertiary/aromatic N) is 2. The molecule has 2 heterocycles. The molecule has 1 atom stereocenters. The van der Waals surface area contributed by atoms with Gasteiger partial charge in [-0.25, -0.2) is 9.18 Å². The lowest BCUT2D eigenvalue weighted by atomic mass is 9.98. The van der Waals surface area contributed by atoms with Crippen LogP contribution >= 0.6 is 0 Å².